The molecule has 0 amide bonds. The average Bonchev–Trinajstić information content (AvgIpc) is 2.21. The van der Waals surface area contributed by atoms with Crippen LogP contribution in [0, 0.1) is 0 Å². The van der Waals surface area contributed by atoms with E-state index in [-0.39, 0.29) is 22.4 Å². The Kier molecular flexibility index (Phi) is 5.75. The van der Waals surface area contributed by atoms with Crippen LogP contribution in [-0.4, -0.2) is 33.9 Å². The number of alkyl halides is 2. The van der Waals surface area contributed by atoms with E-state index in [4.69, 9.17) is 15.0 Å². The molecule has 0 bridgehead atoms. The van der Waals surface area contributed by atoms with Gasteiger partial charge in [-0.15, -0.1) is 0 Å². The van der Waals surface area contributed by atoms with Crippen molar-refractivity contribution in [1.82, 2.24) is 0 Å². The largest absolute Gasteiger partial charge is 0.356 e. The van der Waals surface area contributed by atoms with Gasteiger partial charge < -0.3 is 9.47 Å². The molecule has 1 fully saturated rings. The zero-order valence-electron chi connectivity index (χ0n) is 7.64. The van der Waals surface area contributed by atoms with Gasteiger partial charge in [-0.1, -0.05) is 50.3 Å². The van der Waals surface area contributed by atoms with Crippen LogP contribution < -0.4 is 0 Å². The van der Waals surface area contributed by atoms with E-state index < -0.39 is 0 Å². The first kappa shape index (κ1) is 12.8. The zero-order valence-corrected chi connectivity index (χ0v) is 12.0. The molecule has 7 heteroatoms. The third kappa shape index (κ3) is 3.09. The summed E-state index contributed by atoms with van der Waals surface area (Å²) < 4.78 is 11.9. The summed E-state index contributed by atoms with van der Waals surface area (Å²) in [6.07, 6.45) is 0.503. The number of nitrogens with zero attached hydrogens (tertiary/aromatic N) is 3. The normalized spacial score (nSPS) is 37.6. The molecule has 5 nitrogen and oxygen atoms in total. The Morgan fingerprint density at radius 3 is 2.93 bits per heavy atom. The molecule has 0 unspecified atom stereocenters. The van der Waals surface area contributed by atoms with Crippen LogP contribution in [0.25, 0.3) is 10.4 Å². The van der Waals surface area contributed by atoms with E-state index in [1.54, 1.807) is 7.11 Å². The van der Waals surface area contributed by atoms with Gasteiger partial charge in [-0.2, -0.15) is 0 Å². The molecule has 1 aliphatic rings. The van der Waals surface area contributed by atoms with Gasteiger partial charge in [0.1, 0.15) is 0 Å². The second-order valence-corrected chi connectivity index (χ2v) is 5.27. The number of azide groups is 1. The van der Waals surface area contributed by atoms with Crippen molar-refractivity contribution in [3.05, 3.63) is 10.4 Å². The zero-order chi connectivity index (χ0) is 10.6. The number of ether oxygens (including phenoxy) is 2. The molecule has 4 atom stereocenters. The highest BCUT2D eigenvalue weighted by Crippen LogP contribution is 2.29. The molecule has 14 heavy (non-hydrogen) atoms. The lowest BCUT2D eigenvalue weighted by molar-refractivity contribution is -0.172. The van der Waals surface area contributed by atoms with Crippen LogP contribution in [0.5, 0.6) is 0 Å². The van der Waals surface area contributed by atoms with Crippen molar-refractivity contribution in [2.45, 2.75) is 28.8 Å². The molecule has 80 valence electrons. The molecule has 0 N–H and O–H groups in total. The minimum absolute atomic E-state index is 0.0286. The van der Waals surface area contributed by atoms with Crippen LogP contribution >= 0.6 is 45.2 Å². The van der Waals surface area contributed by atoms with Crippen molar-refractivity contribution in [3.8, 4) is 0 Å². The molecular formula is C7H11I2N3O2. The molecular weight excluding hydrogens is 412 g/mol. The molecule has 0 aliphatic carbocycles. The van der Waals surface area contributed by atoms with Crippen LogP contribution in [-0.2, 0) is 9.47 Å². The first-order valence-corrected chi connectivity index (χ1v) is 6.92. The highest BCUT2D eigenvalue weighted by atomic mass is 127. The summed E-state index contributed by atoms with van der Waals surface area (Å²) in [5, 5.41) is 3.77. The minimum Gasteiger partial charge on any atom is -0.356 e. The standard InChI is InChI=1S/C7H11I2N3O2/c1-13-6-2-4(11-12-10)7(9)5(3-8)14-6/h4-7H,2-3H2,1H3/t4-,5+,6-,7-/m0/s1. The van der Waals surface area contributed by atoms with Gasteiger partial charge in [-0.3, -0.25) is 0 Å². The van der Waals surface area contributed by atoms with Crippen molar-refractivity contribution in [3.63, 3.8) is 0 Å². The third-order valence-electron chi connectivity index (χ3n) is 2.10. The maximum Gasteiger partial charge on any atom is 0.158 e. The van der Waals surface area contributed by atoms with Gasteiger partial charge in [0.25, 0.3) is 0 Å². The van der Waals surface area contributed by atoms with E-state index in [1.807, 2.05) is 0 Å². The van der Waals surface area contributed by atoms with Gasteiger partial charge >= 0.3 is 0 Å². The minimum atomic E-state index is -0.240. The Bertz CT molecular complexity index is 235. The first-order valence-electron chi connectivity index (χ1n) is 4.15. The Hall–Kier alpha value is 0.690. The lowest BCUT2D eigenvalue weighted by Crippen LogP contribution is -2.45. The fourth-order valence-electron chi connectivity index (χ4n) is 1.35. The Labute approximate surface area is 110 Å². The van der Waals surface area contributed by atoms with Crippen LogP contribution in [0.15, 0.2) is 5.11 Å². The summed E-state index contributed by atoms with van der Waals surface area (Å²) in [5.74, 6) is 0. The summed E-state index contributed by atoms with van der Waals surface area (Å²) in [7, 11) is 1.61. The smallest absolute Gasteiger partial charge is 0.158 e. The summed E-state index contributed by atoms with van der Waals surface area (Å²) in [6, 6.07) is -0.0286. The number of halogens is 2. The Morgan fingerprint density at radius 2 is 2.43 bits per heavy atom. The molecule has 0 aromatic heterocycles. The van der Waals surface area contributed by atoms with Crippen molar-refractivity contribution in [1.29, 1.82) is 0 Å². The van der Waals surface area contributed by atoms with E-state index in [0.29, 0.717) is 6.42 Å². The number of rotatable bonds is 3. The maximum absolute atomic E-state index is 8.43. The second kappa shape index (κ2) is 6.31. The van der Waals surface area contributed by atoms with Crippen molar-refractivity contribution in [2.24, 2.45) is 5.11 Å². The maximum atomic E-state index is 8.43. The summed E-state index contributed by atoms with van der Waals surface area (Å²) in [6.45, 7) is 0. The van der Waals surface area contributed by atoms with E-state index in [2.05, 4.69) is 55.2 Å². The van der Waals surface area contributed by atoms with Gasteiger partial charge in [-0.25, -0.2) is 0 Å². The molecule has 0 saturated carbocycles. The van der Waals surface area contributed by atoms with E-state index >= 15 is 0 Å². The van der Waals surface area contributed by atoms with Crippen molar-refractivity contribution in [2.75, 3.05) is 11.5 Å². The molecule has 1 heterocycles. The highest BCUT2D eigenvalue weighted by Gasteiger charge is 2.36. The van der Waals surface area contributed by atoms with Gasteiger partial charge in [-0.05, 0) is 5.53 Å². The molecule has 0 aromatic carbocycles. The second-order valence-electron chi connectivity index (χ2n) is 2.95. The van der Waals surface area contributed by atoms with E-state index in [9.17, 15) is 0 Å². The Balaban J connectivity index is 2.69. The number of hydrogen-bond donors (Lipinski definition) is 0. The average molecular weight is 423 g/mol. The first-order chi connectivity index (χ1) is 6.72. The Morgan fingerprint density at radius 1 is 1.71 bits per heavy atom. The van der Waals surface area contributed by atoms with Crippen molar-refractivity contribution >= 4 is 45.2 Å². The predicted octanol–water partition coefficient (Wildman–Crippen LogP) is 2.67. The quantitative estimate of drug-likeness (QED) is 0.231. The van der Waals surface area contributed by atoms with Gasteiger partial charge in [0.05, 0.1) is 12.1 Å². The van der Waals surface area contributed by atoms with E-state index in [0.717, 1.165) is 4.43 Å². The number of methoxy groups -OCH3 is 1. The van der Waals surface area contributed by atoms with Crippen LogP contribution in [0.3, 0.4) is 0 Å². The third-order valence-corrected chi connectivity index (χ3v) is 4.60. The molecule has 1 aliphatic heterocycles. The molecule has 0 spiro atoms. The number of hydrogen-bond acceptors (Lipinski definition) is 3. The lowest BCUT2D eigenvalue weighted by Gasteiger charge is -2.36. The molecule has 1 rings (SSSR count). The van der Waals surface area contributed by atoms with Gasteiger partial charge in [0, 0.05) is 26.8 Å². The van der Waals surface area contributed by atoms with Crippen LogP contribution in [0.1, 0.15) is 6.42 Å². The van der Waals surface area contributed by atoms with Gasteiger partial charge in [0.2, 0.25) is 0 Å². The van der Waals surface area contributed by atoms with Gasteiger partial charge in [0.15, 0.2) is 6.29 Å². The summed E-state index contributed by atoms with van der Waals surface area (Å²) in [5.41, 5.74) is 8.43. The molecule has 0 radical (unpaired) electrons. The topological polar surface area (TPSA) is 67.2 Å². The lowest BCUT2D eigenvalue weighted by atomic mass is 10.0. The fraction of sp³-hybridized carbons (Fsp3) is 1.00. The highest BCUT2D eigenvalue weighted by molar-refractivity contribution is 14.1. The monoisotopic (exact) mass is 423 g/mol. The molecule has 0 aromatic rings. The van der Waals surface area contributed by atoms with Crippen molar-refractivity contribution < 1.29 is 9.47 Å². The SMILES string of the molecule is CO[C@@H]1C[C@H](N=[N+]=[N-])[C@H](I)[C@@H](CI)O1. The molecule has 1 saturated heterocycles. The van der Waals surface area contributed by atoms with Crippen LogP contribution in [0.2, 0.25) is 0 Å². The van der Waals surface area contributed by atoms with Crippen LogP contribution in [0.4, 0.5) is 0 Å². The van der Waals surface area contributed by atoms with E-state index in [1.165, 1.54) is 0 Å². The summed E-state index contributed by atoms with van der Waals surface area (Å²) in [4.78, 5) is 2.85. The fourth-order valence-corrected chi connectivity index (χ4v) is 3.94. The summed E-state index contributed by atoms with van der Waals surface area (Å²) >= 11 is 4.55. The predicted molar refractivity (Wildman–Crippen MR) is 69.9 cm³/mol.